The predicted octanol–water partition coefficient (Wildman–Crippen LogP) is 4.94. The lowest BCUT2D eigenvalue weighted by Crippen LogP contribution is -2.41. The Kier molecular flexibility index (Phi) is 4.44. The molecule has 0 bridgehead atoms. The first-order valence-corrected chi connectivity index (χ1v) is 7.65. The molecule has 0 heterocycles. The highest BCUT2D eigenvalue weighted by molar-refractivity contribution is 7.80. The van der Waals surface area contributed by atoms with Crippen LogP contribution in [0.3, 0.4) is 0 Å². The molecule has 2 heteroatoms. The minimum atomic E-state index is 0.404. The topological polar surface area (TPSA) is 3.24 Å². The van der Waals surface area contributed by atoms with Crippen molar-refractivity contribution in [2.24, 2.45) is 0 Å². The van der Waals surface area contributed by atoms with E-state index in [9.17, 15) is 0 Å². The van der Waals surface area contributed by atoms with Crippen LogP contribution in [0, 0.1) is 6.92 Å². The number of aryl methyl sites for hydroxylation is 1. The normalized spacial score (nSPS) is 11.3. The second-order valence-corrected chi connectivity index (χ2v) is 6.27. The van der Waals surface area contributed by atoms with Crippen LogP contribution in [0.1, 0.15) is 38.8 Å². The van der Waals surface area contributed by atoms with Gasteiger partial charge in [-0.3, -0.25) is 0 Å². The van der Waals surface area contributed by atoms with Crippen LogP contribution in [-0.2, 0) is 0 Å². The Morgan fingerprint density at radius 1 is 0.950 bits per heavy atom. The summed E-state index contributed by atoms with van der Waals surface area (Å²) in [4.78, 5) is 3.29. The molecule has 0 aliphatic heterocycles. The lowest BCUT2D eigenvalue weighted by atomic mass is 9.98. The van der Waals surface area contributed by atoms with Gasteiger partial charge in [0.25, 0.3) is 0 Å². The largest absolute Gasteiger partial charge is 0.357 e. The van der Waals surface area contributed by atoms with Crippen molar-refractivity contribution in [3.8, 4) is 0 Å². The summed E-state index contributed by atoms with van der Waals surface area (Å²) >= 11 is 5.84. The molecule has 0 aliphatic rings. The molecule has 0 saturated carbocycles. The fourth-order valence-electron chi connectivity index (χ4n) is 2.86. The molecule has 0 amide bonds. The maximum absolute atomic E-state index is 5.84. The summed E-state index contributed by atoms with van der Waals surface area (Å²) in [7, 11) is 0. The first kappa shape index (κ1) is 15.0. The molecule has 0 aromatic heterocycles. The van der Waals surface area contributed by atoms with Crippen LogP contribution in [0.15, 0.2) is 36.4 Å². The van der Waals surface area contributed by atoms with E-state index in [1.807, 2.05) is 0 Å². The number of thiocarbonyl (C=S) groups is 1. The molecule has 0 aliphatic carbocycles. The van der Waals surface area contributed by atoms with Crippen LogP contribution < -0.4 is 0 Å². The maximum atomic E-state index is 5.84. The first-order chi connectivity index (χ1) is 9.43. The Labute approximate surface area is 127 Å². The van der Waals surface area contributed by atoms with Gasteiger partial charge in [-0.2, -0.15) is 0 Å². The van der Waals surface area contributed by atoms with E-state index in [0.717, 1.165) is 4.99 Å². The van der Waals surface area contributed by atoms with Gasteiger partial charge in [-0.1, -0.05) is 48.6 Å². The highest BCUT2D eigenvalue weighted by Gasteiger charge is 2.21. The third-order valence-corrected chi connectivity index (χ3v) is 4.11. The van der Waals surface area contributed by atoms with Crippen LogP contribution in [0.5, 0.6) is 0 Å². The molecule has 1 nitrogen and oxygen atoms in total. The second kappa shape index (κ2) is 5.92. The Balaban J connectivity index is 2.62. The summed E-state index contributed by atoms with van der Waals surface area (Å²) in [5.41, 5.74) is 2.46. The Hall–Kier alpha value is -1.41. The van der Waals surface area contributed by atoms with E-state index in [1.54, 1.807) is 0 Å². The molecule has 0 atom stereocenters. The summed E-state index contributed by atoms with van der Waals surface area (Å²) in [6.45, 7) is 11.0. The van der Waals surface area contributed by atoms with Crippen molar-refractivity contribution < 1.29 is 0 Å². The van der Waals surface area contributed by atoms with Crippen LogP contribution in [0.25, 0.3) is 10.8 Å². The van der Waals surface area contributed by atoms with Gasteiger partial charge in [0.05, 0.1) is 0 Å². The smallest absolute Gasteiger partial charge is 0.110 e. The van der Waals surface area contributed by atoms with Crippen LogP contribution >= 0.6 is 12.2 Å². The van der Waals surface area contributed by atoms with Crippen molar-refractivity contribution in [1.29, 1.82) is 0 Å². The van der Waals surface area contributed by atoms with Crippen LogP contribution in [-0.4, -0.2) is 22.0 Å². The van der Waals surface area contributed by atoms with Gasteiger partial charge < -0.3 is 4.90 Å². The van der Waals surface area contributed by atoms with Gasteiger partial charge in [-0.15, -0.1) is 0 Å². The highest BCUT2D eigenvalue weighted by atomic mass is 32.1. The molecule has 0 unspecified atom stereocenters. The molecular formula is C18H23NS. The summed E-state index contributed by atoms with van der Waals surface area (Å²) < 4.78 is 0. The van der Waals surface area contributed by atoms with Gasteiger partial charge >= 0.3 is 0 Å². The lowest BCUT2D eigenvalue weighted by molar-refractivity contribution is 0.298. The number of benzene rings is 2. The van der Waals surface area contributed by atoms with Crippen molar-refractivity contribution in [2.45, 2.75) is 46.7 Å². The third kappa shape index (κ3) is 2.71. The molecule has 20 heavy (non-hydrogen) atoms. The molecule has 0 fully saturated rings. The average molecular weight is 285 g/mol. The average Bonchev–Trinajstić information content (AvgIpc) is 2.37. The zero-order valence-corrected chi connectivity index (χ0v) is 13.8. The number of hydrogen-bond donors (Lipinski definition) is 0. The van der Waals surface area contributed by atoms with E-state index in [4.69, 9.17) is 12.2 Å². The van der Waals surface area contributed by atoms with E-state index in [-0.39, 0.29) is 0 Å². The van der Waals surface area contributed by atoms with Crippen LogP contribution in [0.2, 0.25) is 0 Å². The van der Waals surface area contributed by atoms with E-state index in [1.165, 1.54) is 21.9 Å². The number of fused-ring (bicyclic) bond motifs is 1. The van der Waals surface area contributed by atoms with Crippen molar-refractivity contribution in [3.05, 3.63) is 47.5 Å². The van der Waals surface area contributed by atoms with Gasteiger partial charge in [-0.25, -0.2) is 0 Å². The summed E-state index contributed by atoms with van der Waals surface area (Å²) in [5, 5.41) is 2.51. The van der Waals surface area contributed by atoms with E-state index in [2.05, 4.69) is 75.9 Å². The standard InChI is InChI=1S/C18H23NS/c1-12(2)19(13(3)4)18(20)17-14(5)10-11-15-8-6-7-9-16(15)17/h6-13H,1-5H3. The molecule has 0 radical (unpaired) electrons. The number of nitrogens with zero attached hydrogens (tertiary/aromatic N) is 1. The van der Waals surface area contributed by atoms with Gasteiger partial charge in [-0.05, 0) is 51.0 Å². The second-order valence-electron chi connectivity index (χ2n) is 5.88. The molecule has 0 N–H and O–H groups in total. The monoisotopic (exact) mass is 285 g/mol. The zero-order valence-electron chi connectivity index (χ0n) is 13.0. The fourth-order valence-corrected chi connectivity index (χ4v) is 3.55. The highest BCUT2D eigenvalue weighted by Crippen LogP contribution is 2.25. The number of rotatable bonds is 3. The molecule has 2 rings (SSSR count). The van der Waals surface area contributed by atoms with Crippen molar-refractivity contribution in [2.75, 3.05) is 0 Å². The number of hydrogen-bond acceptors (Lipinski definition) is 1. The SMILES string of the molecule is Cc1ccc2ccccc2c1C(=S)N(C(C)C)C(C)C. The molecule has 0 saturated heterocycles. The molecule has 106 valence electrons. The quantitative estimate of drug-likeness (QED) is 0.735. The minimum absolute atomic E-state index is 0.404. The first-order valence-electron chi connectivity index (χ1n) is 7.24. The summed E-state index contributed by atoms with van der Waals surface area (Å²) in [5.74, 6) is 0. The van der Waals surface area contributed by atoms with Crippen molar-refractivity contribution in [1.82, 2.24) is 4.90 Å². The van der Waals surface area contributed by atoms with E-state index in [0.29, 0.717) is 12.1 Å². The Morgan fingerprint density at radius 2 is 1.55 bits per heavy atom. The summed E-state index contributed by atoms with van der Waals surface area (Å²) in [6.07, 6.45) is 0. The van der Waals surface area contributed by atoms with Gasteiger partial charge in [0.1, 0.15) is 4.99 Å². The molecule has 0 spiro atoms. The zero-order chi connectivity index (χ0) is 14.9. The minimum Gasteiger partial charge on any atom is -0.357 e. The Bertz CT molecular complexity index is 620. The lowest BCUT2D eigenvalue weighted by Gasteiger charge is -2.34. The Morgan fingerprint density at radius 3 is 2.15 bits per heavy atom. The third-order valence-electron chi connectivity index (χ3n) is 3.70. The van der Waals surface area contributed by atoms with E-state index < -0.39 is 0 Å². The molecule has 2 aromatic rings. The molecule has 2 aromatic carbocycles. The van der Waals surface area contributed by atoms with Gasteiger partial charge in [0.15, 0.2) is 0 Å². The van der Waals surface area contributed by atoms with Gasteiger partial charge in [0, 0.05) is 17.6 Å². The van der Waals surface area contributed by atoms with Crippen LogP contribution in [0.4, 0.5) is 0 Å². The van der Waals surface area contributed by atoms with Crippen molar-refractivity contribution >= 4 is 28.0 Å². The summed E-state index contributed by atoms with van der Waals surface area (Å²) in [6, 6.07) is 13.6. The maximum Gasteiger partial charge on any atom is 0.110 e. The predicted molar refractivity (Wildman–Crippen MR) is 92.5 cm³/mol. The molecular weight excluding hydrogens is 262 g/mol. The van der Waals surface area contributed by atoms with Gasteiger partial charge in [0.2, 0.25) is 0 Å². The van der Waals surface area contributed by atoms with E-state index >= 15 is 0 Å². The van der Waals surface area contributed by atoms with Crippen molar-refractivity contribution in [3.63, 3.8) is 0 Å². The fraction of sp³-hybridized carbons (Fsp3) is 0.389.